The molecule has 2 atom stereocenters. The zero-order chi connectivity index (χ0) is 21.5. The van der Waals surface area contributed by atoms with Crippen molar-refractivity contribution in [2.45, 2.75) is 31.6 Å². The lowest BCUT2D eigenvalue weighted by atomic mass is 10.0. The molecule has 0 aromatic heterocycles. The first-order valence-corrected chi connectivity index (χ1v) is 10.6. The molecule has 1 N–H and O–H groups in total. The van der Waals surface area contributed by atoms with Crippen LogP contribution in [0.2, 0.25) is 0 Å². The molecule has 0 saturated carbocycles. The first-order chi connectivity index (χ1) is 15.2. The number of aliphatic hydroxyl groups is 1. The first-order valence-electron chi connectivity index (χ1n) is 10.6. The largest absolute Gasteiger partial charge is 0.391 e. The third-order valence-electron chi connectivity index (χ3n) is 5.40. The summed E-state index contributed by atoms with van der Waals surface area (Å²) in [6.07, 6.45) is 0.704. The van der Waals surface area contributed by atoms with Crippen LogP contribution in [0.1, 0.15) is 23.1 Å². The van der Waals surface area contributed by atoms with E-state index in [1.165, 1.54) is 12.1 Å². The van der Waals surface area contributed by atoms with Gasteiger partial charge < -0.3 is 9.94 Å². The molecule has 4 nitrogen and oxygen atoms in total. The van der Waals surface area contributed by atoms with Crippen molar-refractivity contribution in [3.63, 3.8) is 0 Å². The fourth-order valence-corrected chi connectivity index (χ4v) is 3.92. The molecule has 1 aliphatic rings. The van der Waals surface area contributed by atoms with Gasteiger partial charge in [0.05, 0.1) is 11.8 Å². The van der Waals surface area contributed by atoms with Gasteiger partial charge in [0.1, 0.15) is 11.9 Å². The van der Waals surface area contributed by atoms with Crippen LogP contribution in [0.3, 0.4) is 0 Å². The number of oxime groups is 1. The number of benzene rings is 3. The SMILES string of the molecule is O[C@H](Cc1ccccc1)CN(Cc1ccc(F)cc1)C[C@@H]1CC(c2ccccc2)=NO1. The van der Waals surface area contributed by atoms with Crippen molar-refractivity contribution in [1.29, 1.82) is 0 Å². The Morgan fingerprint density at radius 3 is 2.32 bits per heavy atom. The Hall–Kier alpha value is -3.02. The molecular formula is C26H27FN2O2. The Morgan fingerprint density at radius 1 is 0.935 bits per heavy atom. The minimum atomic E-state index is -0.515. The average molecular weight is 419 g/mol. The van der Waals surface area contributed by atoms with E-state index >= 15 is 0 Å². The van der Waals surface area contributed by atoms with Gasteiger partial charge in [-0.1, -0.05) is 78.0 Å². The van der Waals surface area contributed by atoms with Crippen LogP contribution in [0.5, 0.6) is 0 Å². The van der Waals surface area contributed by atoms with Crippen LogP contribution < -0.4 is 0 Å². The second-order valence-electron chi connectivity index (χ2n) is 8.00. The lowest BCUT2D eigenvalue weighted by Gasteiger charge is -2.27. The van der Waals surface area contributed by atoms with E-state index < -0.39 is 6.10 Å². The molecule has 31 heavy (non-hydrogen) atoms. The smallest absolute Gasteiger partial charge is 0.145 e. The number of rotatable bonds is 9. The Kier molecular flexibility index (Phi) is 7.07. The molecule has 0 unspecified atom stereocenters. The third kappa shape index (κ3) is 6.23. The van der Waals surface area contributed by atoms with Crippen LogP contribution in [0.15, 0.2) is 90.1 Å². The summed E-state index contributed by atoms with van der Waals surface area (Å²) in [7, 11) is 0. The molecule has 1 aliphatic heterocycles. The average Bonchev–Trinajstić information content (AvgIpc) is 3.25. The van der Waals surface area contributed by atoms with Crippen molar-refractivity contribution in [2.75, 3.05) is 13.1 Å². The van der Waals surface area contributed by atoms with Gasteiger partial charge in [0.2, 0.25) is 0 Å². The standard InChI is InChI=1S/C26H27FN2O2/c27-23-13-11-21(12-14-23)17-29(18-24(30)15-20-7-3-1-4-8-20)19-25-16-26(28-31-25)22-9-5-2-6-10-22/h1-14,24-25,30H,15-19H2/t24-,25+/m1/s1. The second kappa shape index (κ2) is 10.3. The summed E-state index contributed by atoms with van der Waals surface area (Å²) in [4.78, 5) is 7.87. The Balaban J connectivity index is 1.40. The third-order valence-corrected chi connectivity index (χ3v) is 5.40. The van der Waals surface area contributed by atoms with Crippen LogP contribution in [-0.4, -0.2) is 41.0 Å². The van der Waals surface area contributed by atoms with Gasteiger partial charge in [0.25, 0.3) is 0 Å². The van der Waals surface area contributed by atoms with E-state index in [4.69, 9.17) is 4.84 Å². The molecule has 0 aliphatic carbocycles. The zero-order valence-electron chi connectivity index (χ0n) is 17.4. The Morgan fingerprint density at radius 2 is 1.61 bits per heavy atom. The van der Waals surface area contributed by atoms with E-state index in [0.717, 1.165) is 28.8 Å². The fourth-order valence-electron chi connectivity index (χ4n) is 3.92. The second-order valence-corrected chi connectivity index (χ2v) is 8.00. The zero-order valence-corrected chi connectivity index (χ0v) is 17.4. The minimum Gasteiger partial charge on any atom is -0.391 e. The topological polar surface area (TPSA) is 45.1 Å². The minimum absolute atomic E-state index is 0.0837. The van der Waals surface area contributed by atoms with Gasteiger partial charge in [-0.05, 0) is 35.2 Å². The maximum atomic E-state index is 13.3. The van der Waals surface area contributed by atoms with Crippen LogP contribution in [0, 0.1) is 5.82 Å². The summed E-state index contributed by atoms with van der Waals surface area (Å²) in [5.41, 5.74) is 4.11. The normalized spacial score (nSPS) is 16.7. The lowest BCUT2D eigenvalue weighted by Crippen LogP contribution is -2.38. The molecular weight excluding hydrogens is 391 g/mol. The van der Waals surface area contributed by atoms with E-state index in [1.807, 2.05) is 60.7 Å². The maximum absolute atomic E-state index is 13.3. The highest BCUT2D eigenvalue weighted by molar-refractivity contribution is 6.01. The molecule has 0 radical (unpaired) electrons. The van der Waals surface area contributed by atoms with Crippen LogP contribution >= 0.6 is 0 Å². The summed E-state index contributed by atoms with van der Waals surface area (Å²) in [5.74, 6) is -0.251. The number of hydrogen-bond donors (Lipinski definition) is 1. The van der Waals surface area contributed by atoms with Crippen molar-refractivity contribution >= 4 is 5.71 Å². The van der Waals surface area contributed by atoms with Crippen LogP contribution in [-0.2, 0) is 17.8 Å². The van der Waals surface area contributed by atoms with Gasteiger partial charge in [-0.15, -0.1) is 0 Å². The van der Waals surface area contributed by atoms with Crippen molar-refractivity contribution in [3.8, 4) is 0 Å². The molecule has 0 bridgehead atoms. The summed E-state index contributed by atoms with van der Waals surface area (Å²) in [5, 5.41) is 15.0. The highest BCUT2D eigenvalue weighted by atomic mass is 19.1. The predicted octanol–water partition coefficient (Wildman–Crippen LogP) is 4.42. The summed E-state index contributed by atoms with van der Waals surface area (Å²) in [6, 6.07) is 26.5. The van der Waals surface area contributed by atoms with Crippen LogP contribution in [0.4, 0.5) is 4.39 Å². The Bertz CT molecular complexity index is 977. The number of aliphatic hydroxyl groups excluding tert-OH is 1. The van der Waals surface area contributed by atoms with E-state index in [1.54, 1.807) is 12.1 Å². The predicted molar refractivity (Wildman–Crippen MR) is 120 cm³/mol. The molecule has 4 rings (SSSR count). The van der Waals surface area contributed by atoms with Crippen molar-refractivity contribution < 1.29 is 14.3 Å². The monoisotopic (exact) mass is 418 g/mol. The summed E-state index contributed by atoms with van der Waals surface area (Å²) < 4.78 is 13.3. The maximum Gasteiger partial charge on any atom is 0.145 e. The molecule has 0 amide bonds. The quantitative estimate of drug-likeness (QED) is 0.559. The fraction of sp³-hybridized carbons (Fsp3) is 0.269. The van der Waals surface area contributed by atoms with E-state index in [2.05, 4.69) is 10.1 Å². The molecule has 1 heterocycles. The van der Waals surface area contributed by atoms with E-state index in [0.29, 0.717) is 26.1 Å². The number of nitrogens with zero attached hydrogens (tertiary/aromatic N) is 2. The van der Waals surface area contributed by atoms with Gasteiger partial charge in [0.15, 0.2) is 0 Å². The number of hydrogen-bond acceptors (Lipinski definition) is 4. The molecule has 0 saturated heterocycles. The van der Waals surface area contributed by atoms with E-state index in [-0.39, 0.29) is 11.9 Å². The van der Waals surface area contributed by atoms with Crippen molar-refractivity contribution in [1.82, 2.24) is 4.90 Å². The highest BCUT2D eigenvalue weighted by Crippen LogP contribution is 2.19. The molecule has 0 spiro atoms. The summed E-state index contributed by atoms with van der Waals surface area (Å²) in [6.45, 7) is 1.72. The first kappa shape index (κ1) is 21.2. The van der Waals surface area contributed by atoms with Crippen molar-refractivity contribution in [2.24, 2.45) is 5.16 Å². The van der Waals surface area contributed by atoms with Crippen LogP contribution in [0.25, 0.3) is 0 Å². The van der Waals surface area contributed by atoms with E-state index in [9.17, 15) is 9.50 Å². The lowest BCUT2D eigenvalue weighted by molar-refractivity contribution is 0.0322. The molecule has 160 valence electrons. The van der Waals surface area contributed by atoms with Gasteiger partial charge >= 0.3 is 0 Å². The Labute approximate surface area is 182 Å². The molecule has 5 heteroatoms. The highest BCUT2D eigenvalue weighted by Gasteiger charge is 2.25. The molecule has 3 aromatic rings. The van der Waals surface area contributed by atoms with Gasteiger partial charge in [-0.25, -0.2) is 4.39 Å². The van der Waals surface area contributed by atoms with Crippen molar-refractivity contribution in [3.05, 3.63) is 107 Å². The van der Waals surface area contributed by atoms with Gasteiger partial charge in [0, 0.05) is 26.1 Å². The van der Waals surface area contributed by atoms with Gasteiger partial charge in [-0.3, -0.25) is 4.90 Å². The molecule has 3 aromatic carbocycles. The molecule has 0 fully saturated rings. The number of halogens is 1. The van der Waals surface area contributed by atoms with Gasteiger partial charge in [-0.2, -0.15) is 0 Å². The summed E-state index contributed by atoms with van der Waals surface area (Å²) >= 11 is 0.